The van der Waals surface area contributed by atoms with Gasteiger partial charge in [-0.3, -0.25) is 9.59 Å². The van der Waals surface area contributed by atoms with Crippen LogP contribution in [-0.2, 0) is 19.7 Å². The van der Waals surface area contributed by atoms with Gasteiger partial charge in [0.05, 0.1) is 5.41 Å². The van der Waals surface area contributed by atoms with Gasteiger partial charge in [0.25, 0.3) is 0 Å². The number of hydrogen-bond donors (Lipinski definition) is 1. The second kappa shape index (κ2) is 2.64. The lowest BCUT2D eigenvalue weighted by molar-refractivity contribution is -0.156. The molecular weight excluding hydrogens is 208 g/mol. The predicted octanol–water partition coefficient (Wildman–Crippen LogP) is 0.956. The van der Waals surface area contributed by atoms with E-state index in [1.165, 1.54) is 0 Å². The van der Waals surface area contributed by atoms with Crippen molar-refractivity contribution < 1.29 is 19.4 Å². The van der Waals surface area contributed by atoms with E-state index in [2.05, 4.69) is 0 Å². The molecule has 0 unspecified atom stereocenters. The number of benzene rings is 1. The lowest BCUT2D eigenvalue weighted by atomic mass is 9.88. The Morgan fingerprint density at radius 3 is 2.56 bits per heavy atom. The molecule has 1 saturated carbocycles. The first-order valence-corrected chi connectivity index (χ1v) is 5.10. The SMILES string of the molecule is O=C(O)[C@@]12C[C@@]1(c1ccccc1)COC2=O. The largest absolute Gasteiger partial charge is 0.480 e. The Morgan fingerprint density at radius 1 is 1.31 bits per heavy atom. The Balaban J connectivity index is 2.11. The molecule has 1 saturated heterocycles. The van der Waals surface area contributed by atoms with E-state index in [9.17, 15) is 14.7 Å². The average molecular weight is 218 g/mol. The maximum atomic E-state index is 11.6. The van der Waals surface area contributed by atoms with Crippen molar-refractivity contribution in [3.63, 3.8) is 0 Å². The molecule has 1 aromatic carbocycles. The Kier molecular flexibility index (Phi) is 1.55. The first-order valence-electron chi connectivity index (χ1n) is 5.10. The van der Waals surface area contributed by atoms with Crippen LogP contribution < -0.4 is 0 Å². The van der Waals surface area contributed by atoms with E-state index < -0.39 is 22.8 Å². The van der Waals surface area contributed by atoms with Crippen LogP contribution >= 0.6 is 0 Å². The zero-order chi connectivity index (χ0) is 11.4. The Labute approximate surface area is 91.8 Å². The summed E-state index contributed by atoms with van der Waals surface area (Å²) in [5, 5.41) is 9.21. The molecule has 2 atom stereocenters. The first kappa shape index (κ1) is 9.39. The quantitative estimate of drug-likeness (QED) is 0.593. The van der Waals surface area contributed by atoms with Crippen LogP contribution in [0.3, 0.4) is 0 Å². The van der Waals surface area contributed by atoms with E-state index in [1.54, 1.807) is 0 Å². The molecule has 1 aromatic rings. The Morgan fingerprint density at radius 2 is 2.00 bits per heavy atom. The number of ether oxygens (including phenoxy) is 1. The molecule has 4 nitrogen and oxygen atoms in total. The zero-order valence-corrected chi connectivity index (χ0v) is 8.47. The van der Waals surface area contributed by atoms with E-state index in [0.29, 0.717) is 6.42 Å². The van der Waals surface area contributed by atoms with Gasteiger partial charge >= 0.3 is 11.9 Å². The molecule has 16 heavy (non-hydrogen) atoms. The summed E-state index contributed by atoms with van der Waals surface area (Å²) in [6.07, 6.45) is 0.359. The highest BCUT2D eigenvalue weighted by atomic mass is 16.5. The van der Waals surface area contributed by atoms with E-state index >= 15 is 0 Å². The first-order chi connectivity index (χ1) is 7.63. The monoisotopic (exact) mass is 218 g/mol. The smallest absolute Gasteiger partial charge is 0.324 e. The fourth-order valence-corrected chi connectivity index (χ4v) is 2.72. The van der Waals surface area contributed by atoms with Crippen LogP contribution in [0.4, 0.5) is 0 Å². The van der Waals surface area contributed by atoms with Crippen molar-refractivity contribution in [2.45, 2.75) is 11.8 Å². The third-order valence-electron chi connectivity index (χ3n) is 3.75. The highest BCUT2D eigenvalue weighted by Crippen LogP contribution is 2.69. The maximum Gasteiger partial charge on any atom is 0.324 e. The number of carboxylic acids is 1. The second-order valence-corrected chi connectivity index (χ2v) is 4.41. The molecule has 3 rings (SSSR count). The summed E-state index contributed by atoms with van der Waals surface area (Å²) in [6.45, 7) is 0.183. The van der Waals surface area contributed by atoms with Crippen molar-refractivity contribution in [2.75, 3.05) is 6.61 Å². The van der Waals surface area contributed by atoms with Gasteiger partial charge in [0, 0.05) is 0 Å². The van der Waals surface area contributed by atoms with Gasteiger partial charge in [-0.25, -0.2) is 0 Å². The minimum Gasteiger partial charge on any atom is -0.480 e. The van der Waals surface area contributed by atoms with E-state index in [-0.39, 0.29) is 6.61 Å². The molecule has 1 heterocycles. The van der Waals surface area contributed by atoms with Crippen molar-refractivity contribution in [3.8, 4) is 0 Å². The van der Waals surface area contributed by atoms with Crippen molar-refractivity contribution in [1.82, 2.24) is 0 Å². The fraction of sp³-hybridized carbons (Fsp3) is 0.333. The molecule has 0 spiro atoms. The normalized spacial score (nSPS) is 35.4. The Hall–Kier alpha value is -1.84. The third-order valence-corrected chi connectivity index (χ3v) is 3.75. The molecule has 0 radical (unpaired) electrons. The summed E-state index contributed by atoms with van der Waals surface area (Å²) in [4.78, 5) is 22.8. The fourth-order valence-electron chi connectivity index (χ4n) is 2.72. The molecule has 82 valence electrons. The maximum absolute atomic E-state index is 11.6. The van der Waals surface area contributed by atoms with Gasteiger partial charge in [-0.2, -0.15) is 0 Å². The van der Waals surface area contributed by atoms with Crippen LogP contribution in [0.25, 0.3) is 0 Å². The lowest BCUT2D eigenvalue weighted by Crippen LogP contribution is -2.28. The molecule has 2 aliphatic rings. The highest BCUT2D eigenvalue weighted by molar-refractivity contribution is 6.07. The molecule has 1 N–H and O–H groups in total. The predicted molar refractivity (Wildman–Crippen MR) is 53.8 cm³/mol. The van der Waals surface area contributed by atoms with Gasteiger partial charge in [0.2, 0.25) is 0 Å². The topological polar surface area (TPSA) is 63.6 Å². The summed E-state index contributed by atoms with van der Waals surface area (Å²) < 4.78 is 4.92. The molecule has 4 heteroatoms. The van der Waals surface area contributed by atoms with Gasteiger partial charge in [0.1, 0.15) is 6.61 Å². The van der Waals surface area contributed by atoms with Crippen LogP contribution in [0, 0.1) is 5.41 Å². The molecule has 0 aromatic heterocycles. The van der Waals surface area contributed by atoms with Gasteiger partial charge in [-0.15, -0.1) is 0 Å². The summed E-state index contributed by atoms with van der Waals surface area (Å²) in [5.74, 6) is -1.66. The summed E-state index contributed by atoms with van der Waals surface area (Å²) in [5.41, 5.74) is -1.07. The van der Waals surface area contributed by atoms with Crippen LogP contribution in [0.5, 0.6) is 0 Å². The molecule has 0 bridgehead atoms. The third kappa shape index (κ3) is 0.813. The molecular formula is C12H10O4. The molecule has 1 aliphatic carbocycles. The van der Waals surface area contributed by atoms with E-state index in [1.807, 2.05) is 30.3 Å². The molecule has 2 fully saturated rings. The Bertz CT molecular complexity index is 481. The van der Waals surface area contributed by atoms with Crippen LogP contribution in [-0.4, -0.2) is 23.7 Å². The zero-order valence-electron chi connectivity index (χ0n) is 8.47. The second-order valence-electron chi connectivity index (χ2n) is 4.41. The van der Waals surface area contributed by atoms with Crippen LogP contribution in [0.15, 0.2) is 30.3 Å². The minimum absolute atomic E-state index is 0.183. The van der Waals surface area contributed by atoms with E-state index in [0.717, 1.165) is 5.56 Å². The van der Waals surface area contributed by atoms with Gasteiger partial charge in [0.15, 0.2) is 5.41 Å². The summed E-state index contributed by atoms with van der Waals surface area (Å²) >= 11 is 0. The number of hydrogen-bond acceptors (Lipinski definition) is 3. The number of carboxylic acid groups (broad SMARTS) is 1. The number of aliphatic carboxylic acids is 1. The number of esters is 1. The van der Waals surface area contributed by atoms with Crippen LogP contribution in [0.2, 0.25) is 0 Å². The number of carbonyl (C=O) groups excluding carboxylic acids is 1. The standard InChI is InChI=1S/C12H10O4/c13-9(14)12-6-11(12,7-16-10(12)15)8-4-2-1-3-5-8/h1-5H,6-7H2,(H,13,14)/t11-,12+/m0/s1. The number of carbonyl (C=O) groups is 2. The number of fused-ring (bicyclic) bond motifs is 1. The van der Waals surface area contributed by atoms with Gasteiger partial charge in [-0.05, 0) is 12.0 Å². The average Bonchev–Trinajstić information content (AvgIpc) is 2.92. The summed E-state index contributed by atoms with van der Waals surface area (Å²) in [7, 11) is 0. The van der Waals surface area contributed by atoms with Crippen molar-refractivity contribution >= 4 is 11.9 Å². The van der Waals surface area contributed by atoms with Crippen molar-refractivity contribution in [3.05, 3.63) is 35.9 Å². The lowest BCUT2D eigenvalue weighted by Gasteiger charge is -2.11. The summed E-state index contributed by atoms with van der Waals surface area (Å²) in [6, 6.07) is 9.26. The van der Waals surface area contributed by atoms with Crippen molar-refractivity contribution in [2.24, 2.45) is 5.41 Å². The van der Waals surface area contributed by atoms with Crippen LogP contribution in [0.1, 0.15) is 12.0 Å². The number of cyclic esters (lactones) is 1. The van der Waals surface area contributed by atoms with E-state index in [4.69, 9.17) is 4.74 Å². The molecule has 1 aliphatic heterocycles. The molecule has 0 amide bonds. The minimum atomic E-state index is -1.33. The number of rotatable bonds is 2. The highest BCUT2D eigenvalue weighted by Gasteiger charge is 2.82. The van der Waals surface area contributed by atoms with Crippen molar-refractivity contribution in [1.29, 1.82) is 0 Å². The van der Waals surface area contributed by atoms with Gasteiger partial charge < -0.3 is 9.84 Å². The van der Waals surface area contributed by atoms with Gasteiger partial charge in [-0.1, -0.05) is 30.3 Å².